The molecule has 0 saturated carbocycles. The molecule has 6 nitrogen and oxygen atoms in total. The van der Waals surface area contributed by atoms with Gasteiger partial charge >= 0.3 is 6.03 Å². The molecule has 0 spiro atoms. The van der Waals surface area contributed by atoms with Gasteiger partial charge in [0, 0.05) is 13.1 Å². The van der Waals surface area contributed by atoms with E-state index < -0.39 is 0 Å². The van der Waals surface area contributed by atoms with Gasteiger partial charge in [0.15, 0.2) is 0 Å². The minimum Gasteiger partial charge on any atom is -0.496 e. The van der Waals surface area contributed by atoms with Crippen LogP contribution in [0.2, 0.25) is 0 Å². The SMILES string of the molecule is COc1ccccc1CCNC(=O)NCC(c1ccco1)N1CCC(C)CC1. The maximum absolute atomic E-state index is 12.3. The summed E-state index contributed by atoms with van der Waals surface area (Å²) in [7, 11) is 1.66. The Morgan fingerprint density at radius 3 is 2.71 bits per heavy atom. The number of likely N-dealkylation sites (tertiary alicyclic amines) is 1. The summed E-state index contributed by atoms with van der Waals surface area (Å²) >= 11 is 0. The lowest BCUT2D eigenvalue weighted by molar-refractivity contribution is 0.122. The first-order valence-corrected chi connectivity index (χ1v) is 10.1. The number of ether oxygens (including phenoxy) is 1. The molecule has 0 aliphatic carbocycles. The Morgan fingerprint density at radius 1 is 1.21 bits per heavy atom. The van der Waals surface area contributed by atoms with E-state index in [9.17, 15) is 4.79 Å². The minimum absolute atomic E-state index is 0.0717. The predicted octanol–water partition coefficient (Wildman–Crippen LogP) is 3.60. The molecule has 1 aromatic heterocycles. The maximum Gasteiger partial charge on any atom is 0.314 e. The van der Waals surface area contributed by atoms with Crippen LogP contribution in [0.5, 0.6) is 5.75 Å². The highest BCUT2D eigenvalue weighted by atomic mass is 16.5. The Hall–Kier alpha value is -2.47. The van der Waals surface area contributed by atoms with Crippen molar-refractivity contribution in [3.63, 3.8) is 0 Å². The van der Waals surface area contributed by atoms with Crippen LogP contribution in [0.4, 0.5) is 4.79 Å². The number of nitrogens with zero attached hydrogens (tertiary/aromatic N) is 1. The van der Waals surface area contributed by atoms with Crippen molar-refractivity contribution >= 4 is 6.03 Å². The van der Waals surface area contributed by atoms with E-state index in [0.29, 0.717) is 13.1 Å². The molecule has 3 rings (SSSR count). The minimum atomic E-state index is -0.156. The largest absolute Gasteiger partial charge is 0.496 e. The number of carbonyl (C=O) groups excluding carboxylic acids is 1. The number of nitrogens with one attached hydrogen (secondary N) is 2. The average molecular weight is 386 g/mol. The first-order chi connectivity index (χ1) is 13.7. The third-order valence-electron chi connectivity index (χ3n) is 5.46. The van der Waals surface area contributed by atoms with E-state index in [-0.39, 0.29) is 12.1 Å². The lowest BCUT2D eigenvalue weighted by Gasteiger charge is -2.35. The summed E-state index contributed by atoms with van der Waals surface area (Å²) in [6.07, 6.45) is 4.79. The molecule has 1 unspecified atom stereocenters. The van der Waals surface area contributed by atoms with Gasteiger partial charge in [-0.15, -0.1) is 0 Å². The molecule has 1 atom stereocenters. The highest BCUT2D eigenvalue weighted by Crippen LogP contribution is 2.26. The topological polar surface area (TPSA) is 66.7 Å². The Bertz CT molecular complexity index is 724. The Balaban J connectivity index is 1.48. The average Bonchev–Trinajstić information content (AvgIpc) is 3.24. The van der Waals surface area contributed by atoms with E-state index in [1.54, 1.807) is 13.4 Å². The molecule has 0 radical (unpaired) electrons. The highest BCUT2D eigenvalue weighted by molar-refractivity contribution is 5.73. The molecule has 1 aromatic carbocycles. The summed E-state index contributed by atoms with van der Waals surface area (Å²) in [4.78, 5) is 14.7. The van der Waals surface area contributed by atoms with Crippen molar-refractivity contribution in [3.8, 4) is 5.75 Å². The van der Waals surface area contributed by atoms with Crippen LogP contribution < -0.4 is 15.4 Å². The molecule has 2 aromatic rings. The number of carbonyl (C=O) groups is 1. The zero-order valence-corrected chi connectivity index (χ0v) is 16.8. The van der Waals surface area contributed by atoms with Gasteiger partial charge in [-0.25, -0.2) is 4.79 Å². The van der Waals surface area contributed by atoms with E-state index in [0.717, 1.165) is 42.5 Å². The van der Waals surface area contributed by atoms with Crippen molar-refractivity contribution in [1.82, 2.24) is 15.5 Å². The molecule has 1 aliphatic heterocycles. The summed E-state index contributed by atoms with van der Waals surface area (Å²) < 4.78 is 11.0. The number of furan rings is 1. The monoisotopic (exact) mass is 385 g/mol. The number of hydrogen-bond donors (Lipinski definition) is 2. The van der Waals surface area contributed by atoms with Gasteiger partial charge in [0.2, 0.25) is 0 Å². The quantitative estimate of drug-likeness (QED) is 0.729. The van der Waals surface area contributed by atoms with E-state index in [1.165, 1.54) is 12.8 Å². The second kappa shape index (κ2) is 10.2. The van der Waals surface area contributed by atoms with E-state index in [4.69, 9.17) is 9.15 Å². The maximum atomic E-state index is 12.3. The van der Waals surface area contributed by atoms with Gasteiger partial charge in [-0.1, -0.05) is 25.1 Å². The van der Waals surface area contributed by atoms with E-state index >= 15 is 0 Å². The molecule has 28 heavy (non-hydrogen) atoms. The number of para-hydroxylation sites is 1. The molecular weight excluding hydrogens is 354 g/mol. The standard InChI is InChI=1S/C22H31N3O3/c1-17-10-13-25(14-11-17)19(21-8-5-15-28-21)16-24-22(26)23-12-9-18-6-3-4-7-20(18)27-2/h3-8,15,17,19H,9-14,16H2,1-2H3,(H2,23,24,26). The fraction of sp³-hybridized carbons (Fsp3) is 0.500. The summed E-state index contributed by atoms with van der Waals surface area (Å²) in [6, 6.07) is 11.7. The van der Waals surface area contributed by atoms with Gasteiger partial charge in [-0.05, 0) is 62.0 Å². The van der Waals surface area contributed by atoms with Crippen LogP contribution in [0, 0.1) is 5.92 Å². The van der Waals surface area contributed by atoms with Crippen LogP contribution in [0.25, 0.3) is 0 Å². The van der Waals surface area contributed by atoms with Crippen molar-refractivity contribution in [3.05, 3.63) is 54.0 Å². The number of piperidine rings is 1. The van der Waals surface area contributed by atoms with Crippen molar-refractivity contribution in [2.24, 2.45) is 5.92 Å². The van der Waals surface area contributed by atoms with Crippen molar-refractivity contribution in [2.45, 2.75) is 32.2 Å². The molecule has 1 aliphatic rings. The molecule has 0 bridgehead atoms. The van der Waals surface area contributed by atoms with E-state index in [2.05, 4.69) is 22.5 Å². The molecule has 2 N–H and O–H groups in total. The zero-order valence-electron chi connectivity index (χ0n) is 16.8. The van der Waals surface area contributed by atoms with Gasteiger partial charge in [-0.3, -0.25) is 4.90 Å². The van der Waals surface area contributed by atoms with Crippen LogP contribution in [0.1, 0.15) is 37.1 Å². The molecule has 2 amide bonds. The van der Waals surface area contributed by atoms with Crippen LogP contribution in [0.15, 0.2) is 47.1 Å². The van der Waals surface area contributed by atoms with Gasteiger partial charge < -0.3 is 19.8 Å². The van der Waals surface area contributed by atoms with E-state index in [1.807, 2.05) is 36.4 Å². The number of methoxy groups -OCH3 is 1. The Kier molecular flexibility index (Phi) is 7.37. The Labute approximate surface area is 167 Å². The molecule has 1 saturated heterocycles. The second-order valence-corrected chi connectivity index (χ2v) is 7.45. The fourth-order valence-corrected chi connectivity index (χ4v) is 3.70. The van der Waals surface area contributed by atoms with Crippen molar-refractivity contribution in [1.29, 1.82) is 0 Å². The molecule has 1 fully saturated rings. The fourth-order valence-electron chi connectivity index (χ4n) is 3.70. The summed E-state index contributed by atoms with van der Waals surface area (Å²) in [5.41, 5.74) is 1.08. The smallest absolute Gasteiger partial charge is 0.314 e. The first-order valence-electron chi connectivity index (χ1n) is 10.1. The predicted molar refractivity (Wildman–Crippen MR) is 110 cm³/mol. The third kappa shape index (κ3) is 5.52. The number of urea groups is 1. The summed E-state index contributed by atoms with van der Waals surface area (Å²) in [5, 5.41) is 5.95. The van der Waals surface area contributed by atoms with Gasteiger partial charge in [0.1, 0.15) is 11.5 Å². The number of benzene rings is 1. The lowest BCUT2D eigenvalue weighted by Crippen LogP contribution is -2.44. The van der Waals surface area contributed by atoms with Gasteiger partial charge in [-0.2, -0.15) is 0 Å². The van der Waals surface area contributed by atoms with Crippen LogP contribution >= 0.6 is 0 Å². The normalized spacial score (nSPS) is 16.5. The van der Waals surface area contributed by atoms with Crippen molar-refractivity contribution < 1.29 is 13.9 Å². The first kappa shape index (κ1) is 20.3. The summed E-state index contributed by atoms with van der Waals surface area (Å²) in [6.45, 7) is 5.45. The molecule has 2 heterocycles. The number of hydrogen-bond acceptors (Lipinski definition) is 4. The highest BCUT2D eigenvalue weighted by Gasteiger charge is 2.26. The lowest BCUT2D eigenvalue weighted by atomic mass is 9.97. The summed E-state index contributed by atoms with van der Waals surface area (Å²) in [5.74, 6) is 2.52. The van der Waals surface area contributed by atoms with Crippen molar-refractivity contribution in [2.75, 3.05) is 33.3 Å². The number of amides is 2. The second-order valence-electron chi connectivity index (χ2n) is 7.45. The van der Waals surface area contributed by atoms with Crippen LogP contribution in [-0.4, -0.2) is 44.2 Å². The van der Waals surface area contributed by atoms with Gasteiger partial charge in [0.25, 0.3) is 0 Å². The Morgan fingerprint density at radius 2 is 2.00 bits per heavy atom. The molecular formula is C22H31N3O3. The number of rotatable bonds is 8. The third-order valence-corrected chi connectivity index (χ3v) is 5.46. The van der Waals surface area contributed by atoms with Crippen LogP contribution in [0.3, 0.4) is 0 Å². The van der Waals surface area contributed by atoms with Gasteiger partial charge in [0.05, 0.1) is 19.4 Å². The van der Waals surface area contributed by atoms with Crippen LogP contribution in [-0.2, 0) is 6.42 Å². The molecule has 6 heteroatoms. The molecule has 152 valence electrons. The zero-order chi connectivity index (χ0) is 19.8.